The molecule has 16 heavy (non-hydrogen) atoms. The first-order valence-electron chi connectivity index (χ1n) is 5.28. The van der Waals surface area contributed by atoms with E-state index in [1.165, 1.54) is 5.56 Å². The molecule has 0 bridgehead atoms. The molecule has 2 rings (SSSR count). The molecule has 84 valence electrons. The number of aryl methyl sites for hydroxylation is 1. The van der Waals surface area contributed by atoms with Gasteiger partial charge in [-0.05, 0) is 11.5 Å². The Kier molecular flexibility index (Phi) is 2.90. The largest absolute Gasteiger partial charge is 0.419 e. The van der Waals surface area contributed by atoms with Gasteiger partial charge in [0.2, 0.25) is 11.8 Å². The van der Waals surface area contributed by atoms with E-state index >= 15 is 0 Å². The van der Waals surface area contributed by atoms with Crippen molar-refractivity contribution >= 4 is 0 Å². The molecule has 0 radical (unpaired) electrons. The van der Waals surface area contributed by atoms with E-state index < -0.39 is 0 Å². The molecule has 2 aromatic rings. The molecule has 0 saturated heterocycles. The molecule has 0 aliphatic heterocycles. The lowest BCUT2D eigenvalue weighted by Crippen LogP contribution is -1.93. The van der Waals surface area contributed by atoms with Crippen LogP contribution in [0.15, 0.2) is 30.6 Å². The number of rotatable bonds is 3. The summed E-state index contributed by atoms with van der Waals surface area (Å²) in [5.74, 6) is 1.62. The van der Waals surface area contributed by atoms with Gasteiger partial charge in [0.1, 0.15) is 0 Å². The molecule has 4 heteroatoms. The van der Waals surface area contributed by atoms with Gasteiger partial charge in [-0.1, -0.05) is 19.9 Å². The van der Waals surface area contributed by atoms with Crippen molar-refractivity contribution < 1.29 is 4.74 Å². The minimum atomic E-state index is 0.483. The Morgan fingerprint density at radius 3 is 2.50 bits per heavy atom. The minimum absolute atomic E-state index is 0.483. The lowest BCUT2D eigenvalue weighted by atomic mass is 10.1. The lowest BCUT2D eigenvalue weighted by Gasteiger charge is -2.05. The van der Waals surface area contributed by atoms with Gasteiger partial charge >= 0.3 is 0 Å². The average molecular weight is 217 g/mol. The van der Waals surface area contributed by atoms with E-state index in [1.807, 2.05) is 31.6 Å². The SMILES string of the molecule is CC(C)c1ccc(Oc2ccn(C)n2)nc1. The monoisotopic (exact) mass is 217 g/mol. The van der Waals surface area contributed by atoms with Crippen LogP contribution in [0.25, 0.3) is 0 Å². The highest BCUT2D eigenvalue weighted by Gasteiger charge is 2.03. The van der Waals surface area contributed by atoms with Crippen LogP contribution in [0.3, 0.4) is 0 Å². The second kappa shape index (κ2) is 4.35. The van der Waals surface area contributed by atoms with E-state index in [4.69, 9.17) is 4.74 Å². The van der Waals surface area contributed by atoms with Crippen LogP contribution < -0.4 is 4.74 Å². The van der Waals surface area contributed by atoms with Crippen LogP contribution in [0.5, 0.6) is 11.8 Å². The molecular formula is C12H15N3O. The number of nitrogens with zero attached hydrogens (tertiary/aromatic N) is 3. The Morgan fingerprint density at radius 1 is 1.19 bits per heavy atom. The summed E-state index contributed by atoms with van der Waals surface area (Å²) < 4.78 is 7.18. The Morgan fingerprint density at radius 2 is 2.00 bits per heavy atom. The van der Waals surface area contributed by atoms with E-state index in [-0.39, 0.29) is 0 Å². The molecule has 2 aromatic heterocycles. The quantitative estimate of drug-likeness (QED) is 0.793. The van der Waals surface area contributed by atoms with Crippen molar-refractivity contribution in [3.8, 4) is 11.8 Å². The van der Waals surface area contributed by atoms with Gasteiger partial charge in [0.05, 0.1) is 0 Å². The Bertz CT molecular complexity index is 459. The van der Waals surface area contributed by atoms with Gasteiger partial charge in [0.15, 0.2) is 0 Å². The second-order valence-electron chi connectivity index (χ2n) is 4.01. The number of pyridine rings is 1. The molecule has 0 spiro atoms. The van der Waals surface area contributed by atoms with E-state index in [0.717, 1.165) is 0 Å². The Labute approximate surface area is 94.9 Å². The number of ether oxygens (including phenoxy) is 1. The van der Waals surface area contributed by atoms with Crippen LogP contribution in [0.4, 0.5) is 0 Å². The first-order chi connectivity index (χ1) is 7.65. The molecular weight excluding hydrogens is 202 g/mol. The standard InChI is InChI=1S/C12H15N3O/c1-9(2)10-4-5-11(13-8-10)16-12-6-7-15(3)14-12/h4-9H,1-3H3. The summed E-state index contributed by atoms with van der Waals surface area (Å²) in [6.45, 7) is 4.27. The smallest absolute Gasteiger partial charge is 0.240 e. The number of hydrogen-bond donors (Lipinski definition) is 0. The maximum absolute atomic E-state index is 5.49. The molecule has 0 aliphatic carbocycles. The third-order valence-electron chi connectivity index (χ3n) is 2.32. The van der Waals surface area contributed by atoms with Crippen molar-refractivity contribution in [2.75, 3.05) is 0 Å². The van der Waals surface area contributed by atoms with Crippen molar-refractivity contribution in [1.29, 1.82) is 0 Å². The van der Waals surface area contributed by atoms with E-state index in [0.29, 0.717) is 17.7 Å². The zero-order valence-electron chi connectivity index (χ0n) is 9.71. The Balaban J connectivity index is 2.11. The highest BCUT2D eigenvalue weighted by Crippen LogP contribution is 2.19. The summed E-state index contributed by atoms with van der Waals surface area (Å²) in [6, 6.07) is 5.69. The lowest BCUT2D eigenvalue weighted by molar-refractivity contribution is 0.436. The van der Waals surface area contributed by atoms with Crippen molar-refractivity contribution in [2.24, 2.45) is 7.05 Å². The predicted octanol–water partition coefficient (Wildman–Crippen LogP) is 2.73. The second-order valence-corrected chi connectivity index (χ2v) is 4.01. The van der Waals surface area contributed by atoms with Crippen LogP contribution in [-0.2, 0) is 7.05 Å². The van der Waals surface area contributed by atoms with Crippen LogP contribution in [0.2, 0.25) is 0 Å². The molecule has 0 unspecified atom stereocenters. The van der Waals surface area contributed by atoms with Gasteiger partial charge in [-0.2, -0.15) is 0 Å². The van der Waals surface area contributed by atoms with Gasteiger partial charge in [0.25, 0.3) is 0 Å². The maximum Gasteiger partial charge on any atom is 0.240 e. The van der Waals surface area contributed by atoms with Crippen molar-refractivity contribution in [3.63, 3.8) is 0 Å². The summed E-state index contributed by atoms with van der Waals surface area (Å²) in [4.78, 5) is 4.23. The Hall–Kier alpha value is -1.84. The molecule has 0 aromatic carbocycles. The van der Waals surface area contributed by atoms with E-state index in [2.05, 4.69) is 23.9 Å². The summed E-state index contributed by atoms with van der Waals surface area (Å²) in [6.07, 6.45) is 3.67. The summed E-state index contributed by atoms with van der Waals surface area (Å²) in [5, 5.41) is 4.12. The van der Waals surface area contributed by atoms with Crippen LogP contribution >= 0.6 is 0 Å². The van der Waals surface area contributed by atoms with Gasteiger partial charge in [-0.3, -0.25) is 4.68 Å². The van der Waals surface area contributed by atoms with Crippen LogP contribution in [-0.4, -0.2) is 14.8 Å². The first-order valence-corrected chi connectivity index (χ1v) is 5.28. The highest BCUT2D eigenvalue weighted by atomic mass is 16.5. The summed E-state index contributed by atoms with van der Waals surface area (Å²) >= 11 is 0. The molecule has 4 nitrogen and oxygen atoms in total. The van der Waals surface area contributed by atoms with Gasteiger partial charge in [-0.25, -0.2) is 4.98 Å². The first kappa shape index (κ1) is 10.7. The van der Waals surface area contributed by atoms with Crippen molar-refractivity contribution in [1.82, 2.24) is 14.8 Å². The third kappa shape index (κ3) is 2.39. The van der Waals surface area contributed by atoms with E-state index in [1.54, 1.807) is 10.7 Å². The molecule has 0 saturated carbocycles. The molecule has 0 aliphatic rings. The number of hydrogen-bond acceptors (Lipinski definition) is 3. The van der Waals surface area contributed by atoms with Gasteiger partial charge in [-0.15, -0.1) is 5.10 Å². The fourth-order valence-electron chi connectivity index (χ4n) is 1.35. The molecule has 0 N–H and O–H groups in total. The van der Waals surface area contributed by atoms with Gasteiger partial charge < -0.3 is 4.74 Å². The van der Waals surface area contributed by atoms with Crippen LogP contribution in [0, 0.1) is 0 Å². The predicted molar refractivity (Wildman–Crippen MR) is 61.6 cm³/mol. The van der Waals surface area contributed by atoms with E-state index in [9.17, 15) is 0 Å². The zero-order valence-corrected chi connectivity index (χ0v) is 9.71. The van der Waals surface area contributed by atoms with Crippen LogP contribution in [0.1, 0.15) is 25.3 Å². The highest BCUT2D eigenvalue weighted by molar-refractivity contribution is 5.23. The minimum Gasteiger partial charge on any atom is -0.419 e. The average Bonchev–Trinajstić information content (AvgIpc) is 2.65. The maximum atomic E-state index is 5.49. The van der Waals surface area contributed by atoms with Gasteiger partial charge in [0, 0.05) is 31.6 Å². The molecule has 0 amide bonds. The van der Waals surface area contributed by atoms with Crippen molar-refractivity contribution in [3.05, 3.63) is 36.2 Å². The fourth-order valence-corrected chi connectivity index (χ4v) is 1.35. The topological polar surface area (TPSA) is 39.9 Å². The summed E-state index contributed by atoms with van der Waals surface area (Å²) in [5.41, 5.74) is 1.20. The fraction of sp³-hybridized carbons (Fsp3) is 0.333. The third-order valence-corrected chi connectivity index (χ3v) is 2.32. The number of aromatic nitrogens is 3. The summed E-state index contributed by atoms with van der Waals surface area (Å²) in [7, 11) is 1.85. The molecule has 0 fully saturated rings. The normalized spacial score (nSPS) is 10.8. The molecule has 0 atom stereocenters. The zero-order chi connectivity index (χ0) is 11.5. The van der Waals surface area contributed by atoms with Crippen molar-refractivity contribution in [2.45, 2.75) is 19.8 Å². The molecule has 2 heterocycles.